The molecule has 1 aromatic heterocycles. The van der Waals surface area contributed by atoms with Crippen LogP contribution in [0, 0.1) is 13.8 Å². The van der Waals surface area contributed by atoms with E-state index in [-0.39, 0.29) is 5.69 Å². The Kier molecular flexibility index (Phi) is 3.95. The molecule has 5 nitrogen and oxygen atoms in total. The Bertz CT molecular complexity index is 853. The lowest BCUT2D eigenvalue weighted by Gasteiger charge is -2.09. The van der Waals surface area contributed by atoms with Gasteiger partial charge >= 0.3 is 0 Å². The maximum Gasteiger partial charge on any atom is 0.285 e. The molecule has 3 rings (SSSR count). The number of aromatic nitrogens is 2. The molecule has 0 bridgehead atoms. The van der Waals surface area contributed by atoms with Crippen LogP contribution in [0.4, 0.5) is 0 Å². The van der Waals surface area contributed by atoms with Crippen molar-refractivity contribution in [3.8, 4) is 16.9 Å². The average molecular weight is 306 g/mol. The van der Waals surface area contributed by atoms with Crippen LogP contribution >= 0.6 is 0 Å². The minimum atomic E-state index is -0.412. The Morgan fingerprint density at radius 2 is 1.78 bits per heavy atom. The van der Waals surface area contributed by atoms with Crippen LogP contribution in [-0.4, -0.2) is 15.7 Å². The molecule has 2 aromatic carbocycles. The SMILES string of the molecule is Cc1ccc(-c2cc(C(=O)NN)nn2-c2ccccc2)cc1C. The second kappa shape index (κ2) is 6.06. The van der Waals surface area contributed by atoms with Gasteiger partial charge in [-0.1, -0.05) is 30.3 Å². The second-order valence-electron chi connectivity index (χ2n) is 5.43. The molecular weight excluding hydrogens is 288 g/mol. The lowest BCUT2D eigenvalue weighted by molar-refractivity contribution is 0.0948. The Balaban J connectivity index is 2.19. The maximum atomic E-state index is 11.9. The first-order valence-corrected chi connectivity index (χ1v) is 7.34. The number of hydrazine groups is 1. The fourth-order valence-corrected chi connectivity index (χ4v) is 2.44. The van der Waals surface area contributed by atoms with Crippen molar-refractivity contribution < 1.29 is 4.79 Å². The minimum absolute atomic E-state index is 0.282. The van der Waals surface area contributed by atoms with Crippen molar-refractivity contribution in [3.05, 3.63) is 71.4 Å². The van der Waals surface area contributed by atoms with Crippen LogP contribution < -0.4 is 11.3 Å². The van der Waals surface area contributed by atoms with Gasteiger partial charge in [0, 0.05) is 5.56 Å². The predicted molar refractivity (Wildman–Crippen MR) is 90.1 cm³/mol. The Labute approximate surface area is 134 Å². The third-order valence-corrected chi connectivity index (χ3v) is 3.88. The molecule has 0 unspecified atom stereocenters. The first kappa shape index (κ1) is 15.0. The van der Waals surface area contributed by atoms with Gasteiger partial charge in [-0.05, 0) is 49.2 Å². The normalized spacial score (nSPS) is 10.6. The summed E-state index contributed by atoms with van der Waals surface area (Å²) in [4.78, 5) is 11.9. The zero-order chi connectivity index (χ0) is 16.4. The summed E-state index contributed by atoms with van der Waals surface area (Å²) in [5.41, 5.74) is 7.55. The molecular formula is C18H18N4O. The topological polar surface area (TPSA) is 72.9 Å². The lowest BCUT2D eigenvalue weighted by atomic mass is 10.0. The summed E-state index contributed by atoms with van der Waals surface area (Å²) in [5, 5.41) is 4.40. The van der Waals surface area contributed by atoms with E-state index in [4.69, 9.17) is 5.84 Å². The van der Waals surface area contributed by atoms with Gasteiger partial charge in [-0.25, -0.2) is 10.5 Å². The molecule has 0 atom stereocenters. The minimum Gasteiger partial charge on any atom is -0.289 e. The van der Waals surface area contributed by atoms with Gasteiger partial charge in [0.05, 0.1) is 11.4 Å². The highest BCUT2D eigenvalue weighted by atomic mass is 16.2. The molecule has 116 valence electrons. The summed E-state index contributed by atoms with van der Waals surface area (Å²) >= 11 is 0. The third-order valence-electron chi connectivity index (χ3n) is 3.88. The molecule has 0 aliphatic heterocycles. The molecule has 1 amide bonds. The fraction of sp³-hybridized carbons (Fsp3) is 0.111. The number of aryl methyl sites for hydroxylation is 2. The van der Waals surface area contributed by atoms with Crippen molar-refractivity contribution >= 4 is 5.91 Å². The molecule has 23 heavy (non-hydrogen) atoms. The van der Waals surface area contributed by atoms with Gasteiger partial charge in [0.1, 0.15) is 0 Å². The zero-order valence-electron chi connectivity index (χ0n) is 13.1. The Hall–Kier alpha value is -2.92. The fourth-order valence-electron chi connectivity index (χ4n) is 2.44. The van der Waals surface area contributed by atoms with Crippen LogP contribution in [0.1, 0.15) is 21.6 Å². The number of rotatable bonds is 3. The number of hydrogen-bond acceptors (Lipinski definition) is 3. The summed E-state index contributed by atoms with van der Waals surface area (Å²) in [6.45, 7) is 4.14. The van der Waals surface area contributed by atoms with E-state index in [0.29, 0.717) is 0 Å². The zero-order valence-corrected chi connectivity index (χ0v) is 13.1. The number of nitrogens with two attached hydrogens (primary N) is 1. The quantitative estimate of drug-likeness (QED) is 0.444. The van der Waals surface area contributed by atoms with E-state index in [1.165, 1.54) is 11.1 Å². The predicted octanol–water partition coefficient (Wildman–Crippen LogP) is 2.76. The molecule has 0 spiro atoms. The van der Waals surface area contributed by atoms with Gasteiger partial charge in [-0.2, -0.15) is 5.10 Å². The van der Waals surface area contributed by atoms with E-state index in [1.807, 2.05) is 36.4 Å². The summed E-state index contributed by atoms with van der Waals surface area (Å²) in [6, 6.07) is 17.6. The second-order valence-corrected chi connectivity index (χ2v) is 5.43. The first-order valence-electron chi connectivity index (χ1n) is 7.34. The van der Waals surface area contributed by atoms with Crippen molar-refractivity contribution in [1.82, 2.24) is 15.2 Å². The van der Waals surface area contributed by atoms with Gasteiger partial charge < -0.3 is 0 Å². The number of carbonyl (C=O) groups excluding carboxylic acids is 1. The third kappa shape index (κ3) is 2.86. The standard InChI is InChI=1S/C18H18N4O/c1-12-8-9-14(10-13(12)2)17-11-16(18(23)20-19)21-22(17)15-6-4-3-5-7-15/h3-11H,19H2,1-2H3,(H,20,23). The van der Waals surface area contributed by atoms with Crippen molar-refractivity contribution in [2.45, 2.75) is 13.8 Å². The van der Waals surface area contributed by atoms with Crippen LogP contribution in [0.2, 0.25) is 0 Å². The Morgan fingerprint density at radius 3 is 2.43 bits per heavy atom. The van der Waals surface area contributed by atoms with E-state index in [9.17, 15) is 4.79 Å². The number of nitrogens with one attached hydrogen (secondary N) is 1. The molecule has 0 aliphatic carbocycles. The molecule has 0 aliphatic rings. The Morgan fingerprint density at radius 1 is 1.04 bits per heavy atom. The number of para-hydroxylation sites is 1. The number of nitrogen functional groups attached to an aromatic ring is 1. The van der Waals surface area contributed by atoms with Crippen molar-refractivity contribution in [1.29, 1.82) is 0 Å². The molecule has 0 radical (unpaired) electrons. The van der Waals surface area contributed by atoms with Gasteiger partial charge in [0.15, 0.2) is 5.69 Å². The molecule has 3 aromatic rings. The van der Waals surface area contributed by atoms with Crippen molar-refractivity contribution in [2.24, 2.45) is 5.84 Å². The van der Waals surface area contributed by atoms with E-state index in [1.54, 1.807) is 10.7 Å². The number of carbonyl (C=O) groups is 1. The van der Waals surface area contributed by atoms with Crippen molar-refractivity contribution in [3.63, 3.8) is 0 Å². The van der Waals surface area contributed by atoms with E-state index in [2.05, 4.69) is 36.5 Å². The lowest BCUT2D eigenvalue weighted by Crippen LogP contribution is -2.30. The number of amides is 1. The van der Waals surface area contributed by atoms with Gasteiger partial charge in [0.25, 0.3) is 5.91 Å². The molecule has 5 heteroatoms. The van der Waals surface area contributed by atoms with Gasteiger partial charge in [-0.15, -0.1) is 0 Å². The van der Waals surface area contributed by atoms with Crippen LogP contribution in [0.15, 0.2) is 54.6 Å². The van der Waals surface area contributed by atoms with E-state index in [0.717, 1.165) is 16.9 Å². The summed E-state index contributed by atoms with van der Waals surface area (Å²) in [7, 11) is 0. The molecule has 0 fully saturated rings. The number of hydrogen-bond donors (Lipinski definition) is 2. The summed E-state index contributed by atoms with van der Waals surface area (Å²) < 4.78 is 1.76. The summed E-state index contributed by atoms with van der Waals surface area (Å²) in [5.74, 6) is 4.82. The first-order chi connectivity index (χ1) is 11.1. The van der Waals surface area contributed by atoms with Crippen LogP contribution in [0.5, 0.6) is 0 Å². The van der Waals surface area contributed by atoms with Gasteiger partial charge in [-0.3, -0.25) is 10.2 Å². The highest BCUT2D eigenvalue weighted by Gasteiger charge is 2.16. The largest absolute Gasteiger partial charge is 0.289 e. The monoisotopic (exact) mass is 306 g/mol. The highest BCUT2D eigenvalue weighted by Crippen LogP contribution is 2.26. The summed E-state index contributed by atoms with van der Waals surface area (Å²) in [6.07, 6.45) is 0. The number of nitrogens with zero attached hydrogens (tertiary/aromatic N) is 2. The maximum absolute atomic E-state index is 11.9. The molecule has 3 N–H and O–H groups in total. The van der Waals surface area contributed by atoms with Crippen LogP contribution in [0.3, 0.4) is 0 Å². The highest BCUT2D eigenvalue weighted by molar-refractivity contribution is 5.93. The smallest absolute Gasteiger partial charge is 0.285 e. The van der Waals surface area contributed by atoms with E-state index < -0.39 is 5.91 Å². The molecule has 0 saturated carbocycles. The molecule has 0 saturated heterocycles. The van der Waals surface area contributed by atoms with E-state index >= 15 is 0 Å². The average Bonchev–Trinajstić information content (AvgIpc) is 3.03. The number of benzene rings is 2. The van der Waals surface area contributed by atoms with Crippen molar-refractivity contribution in [2.75, 3.05) is 0 Å². The van der Waals surface area contributed by atoms with Crippen LogP contribution in [0.25, 0.3) is 16.9 Å². The van der Waals surface area contributed by atoms with Crippen LogP contribution in [-0.2, 0) is 0 Å². The molecule has 1 heterocycles. The van der Waals surface area contributed by atoms with Gasteiger partial charge in [0.2, 0.25) is 0 Å².